The highest BCUT2D eigenvalue weighted by molar-refractivity contribution is 5.60. The first-order chi connectivity index (χ1) is 13.0. The summed E-state index contributed by atoms with van der Waals surface area (Å²) < 4.78 is 37.8. The Balaban J connectivity index is 1.73. The lowest BCUT2D eigenvalue weighted by atomic mass is 10.3. The molecule has 0 saturated carbocycles. The van der Waals surface area contributed by atoms with E-state index in [1.165, 1.54) is 30.3 Å². The Labute approximate surface area is 150 Å². The number of nitrogen functional groups attached to an aromatic ring is 1. The summed E-state index contributed by atoms with van der Waals surface area (Å²) in [6.45, 7) is 0. The zero-order chi connectivity index (χ0) is 19.0. The minimum atomic E-state index is -1.04. The molecular formula is C16H11F2N7O2. The van der Waals surface area contributed by atoms with E-state index in [-0.39, 0.29) is 35.1 Å². The molecule has 0 bridgehead atoms. The van der Waals surface area contributed by atoms with Crippen LogP contribution in [0.2, 0.25) is 0 Å². The lowest BCUT2D eigenvalue weighted by Crippen LogP contribution is -2.17. The van der Waals surface area contributed by atoms with E-state index >= 15 is 0 Å². The van der Waals surface area contributed by atoms with Crippen molar-refractivity contribution in [3.05, 3.63) is 48.2 Å². The van der Waals surface area contributed by atoms with Gasteiger partial charge in [-0.1, -0.05) is 11.2 Å². The number of halogens is 2. The number of anilines is 3. The van der Waals surface area contributed by atoms with Crippen molar-refractivity contribution in [1.82, 2.24) is 25.1 Å². The zero-order valence-corrected chi connectivity index (χ0v) is 13.8. The van der Waals surface area contributed by atoms with Gasteiger partial charge in [-0.25, -0.2) is 8.78 Å². The predicted octanol–water partition coefficient (Wildman–Crippen LogP) is 2.81. The van der Waals surface area contributed by atoms with Crippen LogP contribution < -0.4 is 10.6 Å². The van der Waals surface area contributed by atoms with Gasteiger partial charge in [0.1, 0.15) is 0 Å². The zero-order valence-electron chi connectivity index (χ0n) is 13.8. The number of rotatable bonds is 4. The van der Waals surface area contributed by atoms with Gasteiger partial charge in [0, 0.05) is 7.05 Å². The Hall–Kier alpha value is -3.89. The van der Waals surface area contributed by atoms with Gasteiger partial charge in [0.05, 0.1) is 12.0 Å². The second-order valence-electron chi connectivity index (χ2n) is 5.35. The molecule has 2 N–H and O–H groups in total. The summed E-state index contributed by atoms with van der Waals surface area (Å²) in [6, 6.07) is 7.06. The van der Waals surface area contributed by atoms with Gasteiger partial charge in [0.2, 0.25) is 23.5 Å². The highest BCUT2D eigenvalue weighted by atomic mass is 19.2. The highest BCUT2D eigenvalue weighted by Gasteiger charge is 2.20. The average molecular weight is 371 g/mol. The van der Waals surface area contributed by atoms with Crippen molar-refractivity contribution >= 4 is 17.6 Å². The van der Waals surface area contributed by atoms with E-state index in [1.807, 2.05) is 0 Å². The molecule has 0 spiro atoms. The van der Waals surface area contributed by atoms with Gasteiger partial charge in [0.15, 0.2) is 17.4 Å². The molecule has 136 valence electrons. The minimum absolute atomic E-state index is 0.00252. The standard InChI is InChI=1S/C16H11F2N7O2/c1-25(9-5-2-4-8(17)11(9)18)16-22-12(21-15(19)23-16)13-20-14(27-24-13)10-6-3-7-26-10/h2-7H,1H3,(H2,19,21,22,23). The number of nitrogens with zero attached hydrogens (tertiary/aromatic N) is 6. The van der Waals surface area contributed by atoms with E-state index in [9.17, 15) is 8.78 Å². The maximum Gasteiger partial charge on any atom is 0.294 e. The van der Waals surface area contributed by atoms with Crippen LogP contribution >= 0.6 is 0 Å². The summed E-state index contributed by atoms with van der Waals surface area (Å²) in [4.78, 5) is 17.4. The molecule has 0 amide bonds. The third kappa shape index (κ3) is 3.05. The molecule has 4 rings (SSSR count). The highest BCUT2D eigenvalue weighted by Crippen LogP contribution is 2.27. The molecule has 9 nitrogen and oxygen atoms in total. The van der Waals surface area contributed by atoms with Crippen molar-refractivity contribution in [3.8, 4) is 23.3 Å². The summed E-state index contributed by atoms with van der Waals surface area (Å²) in [5, 5.41) is 3.78. The van der Waals surface area contributed by atoms with E-state index in [2.05, 4.69) is 25.1 Å². The van der Waals surface area contributed by atoms with Gasteiger partial charge in [-0.2, -0.15) is 19.9 Å². The summed E-state index contributed by atoms with van der Waals surface area (Å²) in [5.74, 6) is -1.68. The molecule has 0 aliphatic heterocycles. The number of aromatic nitrogens is 5. The van der Waals surface area contributed by atoms with Crippen LogP contribution in [0.4, 0.5) is 26.4 Å². The Bertz CT molecular complexity index is 1100. The Morgan fingerprint density at radius 2 is 1.85 bits per heavy atom. The first-order valence-corrected chi connectivity index (χ1v) is 7.60. The molecule has 0 atom stereocenters. The third-order valence-electron chi connectivity index (χ3n) is 3.59. The van der Waals surface area contributed by atoms with E-state index in [0.717, 1.165) is 6.07 Å². The van der Waals surface area contributed by atoms with Crippen LogP contribution in [0.1, 0.15) is 0 Å². The van der Waals surface area contributed by atoms with E-state index in [0.29, 0.717) is 5.76 Å². The molecule has 0 aliphatic carbocycles. The van der Waals surface area contributed by atoms with Crippen molar-refractivity contribution in [2.24, 2.45) is 0 Å². The quantitative estimate of drug-likeness (QED) is 0.577. The van der Waals surface area contributed by atoms with Gasteiger partial charge in [-0.05, 0) is 24.3 Å². The Morgan fingerprint density at radius 3 is 2.63 bits per heavy atom. The monoisotopic (exact) mass is 371 g/mol. The molecule has 27 heavy (non-hydrogen) atoms. The van der Waals surface area contributed by atoms with E-state index in [1.54, 1.807) is 12.1 Å². The summed E-state index contributed by atoms with van der Waals surface area (Å²) in [7, 11) is 1.46. The molecule has 3 heterocycles. The molecule has 1 aromatic carbocycles. The van der Waals surface area contributed by atoms with Crippen LogP contribution in [0.3, 0.4) is 0 Å². The van der Waals surface area contributed by atoms with Crippen LogP contribution in [-0.2, 0) is 0 Å². The fraction of sp³-hybridized carbons (Fsp3) is 0.0625. The maximum absolute atomic E-state index is 14.1. The first kappa shape index (κ1) is 16.6. The van der Waals surface area contributed by atoms with Gasteiger partial charge in [-0.15, -0.1) is 0 Å². The largest absolute Gasteiger partial charge is 0.459 e. The Morgan fingerprint density at radius 1 is 1.00 bits per heavy atom. The molecule has 11 heteroatoms. The molecule has 4 aromatic rings. The van der Waals surface area contributed by atoms with Gasteiger partial charge >= 0.3 is 0 Å². The topological polar surface area (TPSA) is 120 Å². The molecule has 0 aliphatic rings. The molecular weight excluding hydrogens is 360 g/mol. The fourth-order valence-corrected chi connectivity index (χ4v) is 2.30. The predicted molar refractivity (Wildman–Crippen MR) is 89.7 cm³/mol. The van der Waals surface area contributed by atoms with Crippen LogP contribution in [0, 0.1) is 11.6 Å². The Kier molecular flexibility index (Phi) is 3.95. The second-order valence-corrected chi connectivity index (χ2v) is 5.35. The molecule has 3 aromatic heterocycles. The molecule has 0 fully saturated rings. The van der Waals surface area contributed by atoms with E-state index < -0.39 is 11.6 Å². The van der Waals surface area contributed by atoms with Crippen molar-refractivity contribution in [2.75, 3.05) is 17.7 Å². The van der Waals surface area contributed by atoms with Crippen LogP contribution in [0.15, 0.2) is 45.5 Å². The lowest BCUT2D eigenvalue weighted by molar-refractivity contribution is 0.416. The minimum Gasteiger partial charge on any atom is -0.459 e. The number of furan rings is 1. The third-order valence-corrected chi connectivity index (χ3v) is 3.59. The number of hydrogen-bond donors (Lipinski definition) is 1. The summed E-state index contributed by atoms with van der Waals surface area (Å²) >= 11 is 0. The van der Waals surface area contributed by atoms with Crippen molar-refractivity contribution in [2.45, 2.75) is 0 Å². The van der Waals surface area contributed by atoms with E-state index in [4.69, 9.17) is 14.7 Å². The van der Waals surface area contributed by atoms with Crippen LogP contribution in [-0.4, -0.2) is 32.1 Å². The summed E-state index contributed by atoms with van der Waals surface area (Å²) in [6.07, 6.45) is 1.46. The second kappa shape index (κ2) is 6.44. The number of nitrogens with two attached hydrogens (primary N) is 1. The van der Waals surface area contributed by atoms with Gasteiger partial charge in [-0.3, -0.25) is 0 Å². The average Bonchev–Trinajstić information content (AvgIpc) is 3.34. The van der Waals surface area contributed by atoms with Crippen molar-refractivity contribution in [1.29, 1.82) is 0 Å². The fourth-order valence-electron chi connectivity index (χ4n) is 2.30. The smallest absolute Gasteiger partial charge is 0.294 e. The maximum atomic E-state index is 14.1. The van der Waals surface area contributed by atoms with Crippen molar-refractivity contribution in [3.63, 3.8) is 0 Å². The molecule has 0 radical (unpaired) electrons. The van der Waals surface area contributed by atoms with Crippen LogP contribution in [0.25, 0.3) is 23.3 Å². The van der Waals surface area contributed by atoms with Crippen LogP contribution in [0.5, 0.6) is 0 Å². The molecule has 0 unspecified atom stereocenters. The summed E-state index contributed by atoms with van der Waals surface area (Å²) in [5.41, 5.74) is 5.65. The number of hydrogen-bond acceptors (Lipinski definition) is 9. The number of benzene rings is 1. The SMILES string of the molecule is CN(c1nc(N)nc(-c2noc(-c3ccco3)n2)n1)c1cccc(F)c1F. The normalized spacial score (nSPS) is 10.9. The van der Waals surface area contributed by atoms with Gasteiger partial charge in [0.25, 0.3) is 5.89 Å². The lowest BCUT2D eigenvalue weighted by Gasteiger charge is -2.18. The van der Waals surface area contributed by atoms with Gasteiger partial charge < -0.3 is 19.6 Å². The first-order valence-electron chi connectivity index (χ1n) is 7.60. The molecule has 0 saturated heterocycles. The van der Waals surface area contributed by atoms with Crippen molar-refractivity contribution < 1.29 is 17.7 Å².